The Kier molecular flexibility index (Phi) is 3.06. The van der Waals surface area contributed by atoms with Crippen molar-refractivity contribution < 1.29 is 4.39 Å². The number of aromatic amines is 1. The predicted molar refractivity (Wildman–Crippen MR) is 71.5 cm³/mol. The standard InChI is InChI=1S/C12H13FN4OS/c13-9-5-7(1-4-10(9)14)6-19-12-16-15-11(18)17(12)8-2-3-8/h1,4-5,8H,2-3,6,14H2,(H,15,18). The minimum atomic E-state index is -0.417. The fourth-order valence-electron chi connectivity index (χ4n) is 1.86. The van der Waals surface area contributed by atoms with Crippen LogP contribution >= 0.6 is 11.8 Å². The average molecular weight is 280 g/mol. The highest BCUT2D eigenvalue weighted by molar-refractivity contribution is 7.98. The number of nitrogens with zero attached hydrogens (tertiary/aromatic N) is 2. The molecule has 0 amide bonds. The molecule has 1 aliphatic rings. The number of H-pyrrole nitrogens is 1. The van der Waals surface area contributed by atoms with Crippen LogP contribution in [0.1, 0.15) is 24.4 Å². The van der Waals surface area contributed by atoms with Gasteiger partial charge in [0.1, 0.15) is 5.82 Å². The van der Waals surface area contributed by atoms with E-state index in [0.29, 0.717) is 10.9 Å². The second-order valence-corrected chi connectivity index (χ2v) is 5.50. The molecule has 0 radical (unpaired) electrons. The van der Waals surface area contributed by atoms with Crippen molar-refractivity contribution in [2.24, 2.45) is 0 Å². The van der Waals surface area contributed by atoms with Gasteiger partial charge in [-0.05, 0) is 30.5 Å². The molecular formula is C12H13FN4OS. The molecule has 5 nitrogen and oxygen atoms in total. The van der Waals surface area contributed by atoms with Crippen molar-refractivity contribution in [1.29, 1.82) is 0 Å². The van der Waals surface area contributed by atoms with Crippen LogP contribution in [-0.2, 0) is 5.75 Å². The quantitative estimate of drug-likeness (QED) is 0.662. The van der Waals surface area contributed by atoms with Crippen LogP contribution in [0.4, 0.5) is 10.1 Å². The van der Waals surface area contributed by atoms with Crippen molar-refractivity contribution in [2.45, 2.75) is 29.8 Å². The number of nitrogens with two attached hydrogens (primary N) is 1. The number of halogens is 1. The van der Waals surface area contributed by atoms with Crippen molar-refractivity contribution in [2.75, 3.05) is 5.73 Å². The highest BCUT2D eigenvalue weighted by Gasteiger charge is 2.28. The fraction of sp³-hybridized carbons (Fsp3) is 0.333. The first-order valence-electron chi connectivity index (χ1n) is 5.99. The minimum absolute atomic E-state index is 0.142. The largest absolute Gasteiger partial charge is 0.396 e. The van der Waals surface area contributed by atoms with Gasteiger partial charge in [-0.3, -0.25) is 4.57 Å². The van der Waals surface area contributed by atoms with Crippen molar-refractivity contribution in [3.8, 4) is 0 Å². The topological polar surface area (TPSA) is 76.7 Å². The summed E-state index contributed by atoms with van der Waals surface area (Å²) in [6.07, 6.45) is 2.03. The third-order valence-electron chi connectivity index (χ3n) is 3.02. The van der Waals surface area contributed by atoms with E-state index in [9.17, 15) is 9.18 Å². The summed E-state index contributed by atoms with van der Waals surface area (Å²) in [5.41, 5.74) is 6.21. The molecule has 0 aliphatic heterocycles. The van der Waals surface area contributed by atoms with Gasteiger partial charge in [-0.25, -0.2) is 14.3 Å². The summed E-state index contributed by atoms with van der Waals surface area (Å²) in [7, 11) is 0. The van der Waals surface area contributed by atoms with Crippen LogP contribution in [0.15, 0.2) is 28.2 Å². The fourth-order valence-corrected chi connectivity index (χ4v) is 2.81. The van der Waals surface area contributed by atoms with Gasteiger partial charge in [0.2, 0.25) is 0 Å². The van der Waals surface area contributed by atoms with Crippen LogP contribution in [0.25, 0.3) is 0 Å². The summed E-state index contributed by atoms with van der Waals surface area (Å²) in [5.74, 6) is 0.133. The van der Waals surface area contributed by atoms with Gasteiger partial charge in [0.05, 0.1) is 5.69 Å². The first-order valence-corrected chi connectivity index (χ1v) is 6.97. The van der Waals surface area contributed by atoms with E-state index in [2.05, 4.69) is 10.2 Å². The highest BCUT2D eigenvalue weighted by Crippen LogP contribution is 2.36. The van der Waals surface area contributed by atoms with Gasteiger partial charge in [-0.1, -0.05) is 17.8 Å². The van der Waals surface area contributed by atoms with Crippen LogP contribution in [0.5, 0.6) is 0 Å². The monoisotopic (exact) mass is 280 g/mol. The Hall–Kier alpha value is -1.76. The van der Waals surface area contributed by atoms with E-state index in [1.807, 2.05) is 0 Å². The first-order chi connectivity index (χ1) is 9.15. The lowest BCUT2D eigenvalue weighted by molar-refractivity contribution is 0.631. The maximum Gasteiger partial charge on any atom is 0.344 e. The Bertz CT molecular complexity index is 662. The van der Waals surface area contributed by atoms with E-state index in [1.165, 1.54) is 17.8 Å². The van der Waals surface area contributed by atoms with Crippen LogP contribution < -0.4 is 11.4 Å². The molecule has 100 valence electrons. The maximum absolute atomic E-state index is 13.3. The van der Waals surface area contributed by atoms with Gasteiger partial charge in [-0.2, -0.15) is 0 Å². The summed E-state index contributed by atoms with van der Waals surface area (Å²) in [6.45, 7) is 0. The summed E-state index contributed by atoms with van der Waals surface area (Å²) < 4.78 is 15.0. The summed E-state index contributed by atoms with van der Waals surface area (Å²) in [4.78, 5) is 11.6. The molecule has 0 atom stereocenters. The van der Waals surface area contributed by atoms with Gasteiger partial charge in [-0.15, -0.1) is 5.10 Å². The predicted octanol–water partition coefficient (Wildman–Crippen LogP) is 1.92. The second-order valence-electron chi connectivity index (χ2n) is 4.56. The molecule has 0 saturated heterocycles. The molecule has 0 unspecified atom stereocenters. The molecule has 7 heteroatoms. The SMILES string of the molecule is Nc1ccc(CSc2n[nH]c(=O)n2C2CC2)cc1F. The van der Waals surface area contributed by atoms with Gasteiger partial charge in [0.25, 0.3) is 0 Å². The van der Waals surface area contributed by atoms with Crippen LogP contribution in [0.3, 0.4) is 0 Å². The molecule has 1 heterocycles. The van der Waals surface area contributed by atoms with Crippen molar-refractivity contribution in [3.05, 3.63) is 40.1 Å². The van der Waals surface area contributed by atoms with E-state index >= 15 is 0 Å². The lowest BCUT2D eigenvalue weighted by Crippen LogP contribution is -2.16. The number of aromatic nitrogens is 3. The van der Waals surface area contributed by atoms with Crippen molar-refractivity contribution in [3.63, 3.8) is 0 Å². The maximum atomic E-state index is 13.3. The highest BCUT2D eigenvalue weighted by atomic mass is 32.2. The molecule has 0 bridgehead atoms. The van der Waals surface area contributed by atoms with Crippen LogP contribution in [-0.4, -0.2) is 14.8 Å². The van der Waals surface area contributed by atoms with E-state index in [4.69, 9.17) is 5.73 Å². The molecule has 1 aromatic carbocycles. The Balaban J connectivity index is 1.75. The zero-order valence-corrected chi connectivity index (χ0v) is 10.9. The minimum Gasteiger partial charge on any atom is -0.396 e. The molecule has 1 aliphatic carbocycles. The molecular weight excluding hydrogens is 267 g/mol. The van der Waals surface area contributed by atoms with Gasteiger partial charge in [0, 0.05) is 11.8 Å². The number of anilines is 1. The summed E-state index contributed by atoms with van der Waals surface area (Å²) in [5, 5.41) is 7.12. The van der Waals surface area contributed by atoms with Gasteiger partial charge >= 0.3 is 5.69 Å². The molecule has 2 aromatic rings. The smallest absolute Gasteiger partial charge is 0.344 e. The van der Waals surface area contributed by atoms with E-state index < -0.39 is 5.82 Å². The van der Waals surface area contributed by atoms with E-state index in [-0.39, 0.29) is 17.4 Å². The summed E-state index contributed by atoms with van der Waals surface area (Å²) in [6, 6.07) is 5.01. The Labute approximate surface area is 113 Å². The Morgan fingerprint density at radius 1 is 1.53 bits per heavy atom. The molecule has 3 N–H and O–H groups in total. The van der Waals surface area contributed by atoms with Crippen LogP contribution in [0.2, 0.25) is 0 Å². The van der Waals surface area contributed by atoms with Gasteiger partial charge < -0.3 is 5.73 Å². The molecule has 19 heavy (non-hydrogen) atoms. The first kappa shape index (κ1) is 12.3. The molecule has 1 saturated carbocycles. The number of hydrogen-bond acceptors (Lipinski definition) is 4. The van der Waals surface area contributed by atoms with E-state index in [0.717, 1.165) is 18.4 Å². The lowest BCUT2D eigenvalue weighted by Gasteiger charge is -2.04. The number of nitrogens with one attached hydrogen (secondary N) is 1. The second kappa shape index (κ2) is 4.73. The number of rotatable bonds is 4. The number of benzene rings is 1. The Morgan fingerprint density at radius 2 is 2.32 bits per heavy atom. The van der Waals surface area contributed by atoms with Crippen molar-refractivity contribution >= 4 is 17.4 Å². The Morgan fingerprint density at radius 3 is 3.00 bits per heavy atom. The summed E-state index contributed by atoms with van der Waals surface area (Å²) >= 11 is 1.42. The molecule has 1 fully saturated rings. The zero-order chi connectivity index (χ0) is 13.4. The normalized spacial score (nSPS) is 14.8. The van der Waals surface area contributed by atoms with Crippen molar-refractivity contribution in [1.82, 2.24) is 14.8 Å². The number of thioether (sulfide) groups is 1. The lowest BCUT2D eigenvalue weighted by atomic mass is 10.2. The van der Waals surface area contributed by atoms with Crippen LogP contribution in [0, 0.1) is 5.82 Å². The third kappa shape index (κ3) is 2.51. The zero-order valence-electron chi connectivity index (χ0n) is 10.1. The number of nitrogen functional groups attached to an aromatic ring is 1. The molecule has 0 spiro atoms. The molecule has 1 aromatic heterocycles. The average Bonchev–Trinajstić information content (AvgIpc) is 3.15. The number of hydrogen-bond donors (Lipinski definition) is 2. The van der Waals surface area contributed by atoms with E-state index in [1.54, 1.807) is 16.7 Å². The van der Waals surface area contributed by atoms with Gasteiger partial charge in [0.15, 0.2) is 5.16 Å². The third-order valence-corrected chi connectivity index (χ3v) is 4.04. The molecule has 3 rings (SSSR count).